The number of nitrogens with one attached hydrogen (secondary N) is 1. The van der Waals surface area contributed by atoms with Gasteiger partial charge in [-0.05, 0) is 80.0 Å². The van der Waals surface area contributed by atoms with Gasteiger partial charge in [0.2, 0.25) is 0 Å². The van der Waals surface area contributed by atoms with Crippen molar-refractivity contribution in [1.82, 2.24) is 10.2 Å². The molecule has 1 aliphatic carbocycles. The van der Waals surface area contributed by atoms with Gasteiger partial charge in [0.15, 0.2) is 0 Å². The van der Waals surface area contributed by atoms with Gasteiger partial charge in [0.1, 0.15) is 15.9 Å². The maximum atomic E-state index is 13.4. The molecule has 2 aromatic rings. The molecule has 2 atom stereocenters. The van der Waals surface area contributed by atoms with Crippen molar-refractivity contribution in [3.8, 4) is 11.1 Å². The number of rotatable bonds is 12. The van der Waals surface area contributed by atoms with Crippen LogP contribution in [-0.2, 0) is 25.9 Å². The van der Waals surface area contributed by atoms with Crippen LogP contribution in [0.15, 0.2) is 42.5 Å². The van der Waals surface area contributed by atoms with Crippen LogP contribution in [0.5, 0.6) is 0 Å². The minimum Gasteiger partial charge on any atom is -0.480 e. The Morgan fingerprint density at radius 1 is 1.02 bits per heavy atom. The molecule has 9 heteroatoms. The third kappa shape index (κ3) is 11.0. The van der Waals surface area contributed by atoms with E-state index in [0.29, 0.717) is 17.7 Å². The molecular formula is C34H50N2O6S. The van der Waals surface area contributed by atoms with Crippen LogP contribution in [0.4, 0.5) is 0 Å². The third-order valence-corrected chi connectivity index (χ3v) is 9.08. The van der Waals surface area contributed by atoms with Gasteiger partial charge >= 0.3 is 5.97 Å². The first kappa shape index (κ1) is 34.7. The van der Waals surface area contributed by atoms with E-state index in [4.69, 9.17) is 4.74 Å². The SMILES string of the molecule is CCC.Cc1ccccc1-c1cc(CN2CCCC2COC2CCCCC2)ccc1C(=O)NC(CCS(C)(=O)=O)C(=O)O. The number of ether oxygens (including phenoxy) is 1. The van der Waals surface area contributed by atoms with Crippen molar-refractivity contribution < 1.29 is 27.9 Å². The summed E-state index contributed by atoms with van der Waals surface area (Å²) in [5.41, 5.74) is 4.07. The second-order valence-electron chi connectivity index (χ2n) is 12.0. The van der Waals surface area contributed by atoms with Gasteiger partial charge in [0.05, 0.1) is 18.5 Å². The normalized spacial score (nSPS) is 18.5. The van der Waals surface area contributed by atoms with Crippen LogP contribution >= 0.6 is 0 Å². The number of amides is 1. The van der Waals surface area contributed by atoms with E-state index in [1.807, 2.05) is 43.3 Å². The van der Waals surface area contributed by atoms with Gasteiger partial charge in [-0.3, -0.25) is 9.69 Å². The number of sulfone groups is 1. The van der Waals surface area contributed by atoms with Crippen LogP contribution < -0.4 is 5.32 Å². The molecule has 0 radical (unpaired) electrons. The molecular weight excluding hydrogens is 564 g/mol. The highest BCUT2D eigenvalue weighted by Gasteiger charge is 2.28. The number of carboxylic acid groups (broad SMARTS) is 1. The molecule has 2 fully saturated rings. The number of benzene rings is 2. The van der Waals surface area contributed by atoms with Gasteiger partial charge in [-0.15, -0.1) is 0 Å². The number of carbonyl (C=O) groups is 2. The lowest BCUT2D eigenvalue weighted by atomic mass is 9.93. The number of carboxylic acids is 1. The fraction of sp³-hybridized carbons (Fsp3) is 0.588. The van der Waals surface area contributed by atoms with Crippen LogP contribution in [0.25, 0.3) is 11.1 Å². The Balaban J connectivity index is 0.00000162. The molecule has 0 aromatic heterocycles. The zero-order valence-corrected chi connectivity index (χ0v) is 27.1. The van der Waals surface area contributed by atoms with Crippen molar-refractivity contribution in [3.05, 3.63) is 59.2 Å². The summed E-state index contributed by atoms with van der Waals surface area (Å²) < 4.78 is 29.5. The summed E-state index contributed by atoms with van der Waals surface area (Å²) in [6, 6.07) is 12.6. The quantitative estimate of drug-likeness (QED) is 0.301. The largest absolute Gasteiger partial charge is 0.480 e. The Hall–Kier alpha value is -2.75. The minimum absolute atomic E-state index is 0.197. The van der Waals surface area contributed by atoms with E-state index in [1.54, 1.807) is 6.07 Å². The average Bonchev–Trinajstić information content (AvgIpc) is 3.41. The van der Waals surface area contributed by atoms with Gasteiger partial charge in [-0.1, -0.05) is 69.9 Å². The molecule has 43 heavy (non-hydrogen) atoms. The summed E-state index contributed by atoms with van der Waals surface area (Å²) in [4.78, 5) is 27.6. The Kier molecular flexibility index (Phi) is 13.7. The average molecular weight is 615 g/mol. The van der Waals surface area contributed by atoms with Gasteiger partial charge in [0.25, 0.3) is 5.91 Å². The molecule has 2 N–H and O–H groups in total. The lowest BCUT2D eigenvalue weighted by Crippen LogP contribution is -2.42. The number of aryl methyl sites for hydroxylation is 1. The fourth-order valence-corrected chi connectivity index (χ4v) is 6.48. The molecule has 1 heterocycles. The Bertz CT molecular complexity index is 1310. The van der Waals surface area contributed by atoms with E-state index in [0.717, 1.165) is 73.9 Å². The second-order valence-corrected chi connectivity index (χ2v) is 14.3. The molecule has 1 saturated carbocycles. The highest BCUT2D eigenvalue weighted by atomic mass is 32.2. The highest BCUT2D eigenvalue weighted by Crippen LogP contribution is 2.30. The lowest BCUT2D eigenvalue weighted by molar-refractivity contribution is -0.139. The van der Waals surface area contributed by atoms with Crippen LogP contribution in [0.2, 0.25) is 0 Å². The monoisotopic (exact) mass is 614 g/mol. The molecule has 2 aromatic carbocycles. The highest BCUT2D eigenvalue weighted by molar-refractivity contribution is 7.90. The second kappa shape index (κ2) is 16.9. The zero-order chi connectivity index (χ0) is 31.4. The van der Waals surface area contributed by atoms with Crippen molar-refractivity contribution in [2.24, 2.45) is 0 Å². The zero-order valence-electron chi connectivity index (χ0n) is 26.3. The smallest absolute Gasteiger partial charge is 0.326 e. The first-order valence-corrected chi connectivity index (χ1v) is 17.8. The van der Waals surface area contributed by atoms with Gasteiger partial charge in [-0.2, -0.15) is 0 Å². The van der Waals surface area contributed by atoms with Gasteiger partial charge in [-0.25, -0.2) is 13.2 Å². The van der Waals surface area contributed by atoms with Crippen LogP contribution in [0.3, 0.4) is 0 Å². The minimum atomic E-state index is -3.37. The molecule has 0 bridgehead atoms. The summed E-state index contributed by atoms with van der Waals surface area (Å²) in [7, 11) is -3.37. The first-order chi connectivity index (χ1) is 20.5. The topological polar surface area (TPSA) is 113 Å². The Morgan fingerprint density at radius 2 is 1.72 bits per heavy atom. The van der Waals surface area contributed by atoms with Crippen molar-refractivity contribution in [3.63, 3.8) is 0 Å². The molecule has 8 nitrogen and oxygen atoms in total. The molecule has 1 saturated heterocycles. The van der Waals surface area contributed by atoms with Crippen LogP contribution in [0.1, 0.15) is 93.1 Å². The molecule has 4 rings (SSSR count). The van der Waals surface area contributed by atoms with Crippen molar-refractivity contribution in [2.45, 2.75) is 103 Å². The van der Waals surface area contributed by atoms with Gasteiger partial charge in [0, 0.05) is 24.4 Å². The number of aliphatic carboxylic acids is 1. The van der Waals surface area contributed by atoms with Crippen LogP contribution in [-0.4, -0.2) is 73.6 Å². The molecule has 1 aliphatic heterocycles. The standard InChI is InChI=1S/C31H42N2O6S.C3H8/c1-22-9-6-7-13-26(22)28-19-23(20-33-17-8-10-24(33)21-39-25-11-4-3-5-12-25)14-15-27(28)30(34)32-29(31(35)36)16-18-40(2,37)38;1-3-2/h6-7,9,13-15,19,24-25,29H,3-5,8,10-12,16-18,20-21H2,1-2H3,(H,32,34)(H,35,36);3H2,1-2H3. The van der Waals surface area contributed by atoms with E-state index in [9.17, 15) is 23.1 Å². The third-order valence-electron chi connectivity index (χ3n) is 8.11. The number of hydrogen-bond acceptors (Lipinski definition) is 6. The van der Waals surface area contributed by atoms with E-state index >= 15 is 0 Å². The predicted molar refractivity (Wildman–Crippen MR) is 172 cm³/mol. The van der Waals surface area contributed by atoms with E-state index in [-0.39, 0.29) is 12.2 Å². The first-order valence-electron chi connectivity index (χ1n) is 15.8. The van der Waals surface area contributed by atoms with Crippen LogP contribution in [0, 0.1) is 6.92 Å². The van der Waals surface area contributed by atoms with E-state index in [1.165, 1.54) is 25.7 Å². The van der Waals surface area contributed by atoms with Crippen molar-refractivity contribution in [2.75, 3.05) is 25.2 Å². The summed E-state index contributed by atoms with van der Waals surface area (Å²) in [5.74, 6) is -2.12. The molecule has 1 amide bonds. The van der Waals surface area contributed by atoms with Crippen molar-refractivity contribution in [1.29, 1.82) is 0 Å². The van der Waals surface area contributed by atoms with E-state index < -0.39 is 27.8 Å². The Morgan fingerprint density at radius 3 is 2.37 bits per heavy atom. The lowest BCUT2D eigenvalue weighted by Gasteiger charge is -2.28. The number of carbonyl (C=O) groups excluding carboxylic acids is 1. The summed E-state index contributed by atoms with van der Waals surface area (Å²) in [6.45, 7) is 8.72. The maximum Gasteiger partial charge on any atom is 0.326 e. The maximum absolute atomic E-state index is 13.4. The predicted octanol–water partition coefficient (Wildman–Crippen LogP) is 6.01. The number of likely N-dealkylation sites (tertiary alicyclic amines) is 1. The molecule has 2 aliphatic rings. The number of nitrogens with zero attached hydrogens (tertiary/aromatic N) is 1. The summed E-state index contributed by atoms with van der Waals surface area (Å²) in [5, 5.41) is 12.2. The molecule has 238 valence electrons. The summed E-state index contributed by atoms with van der Waals surface area (Å²) >= 11 is 0. The van der Waals surface area contributed by atoms with Crippen molar-refractivity contribution >= 4 is 21.7 Å². The summed E-state index contributed by atoms with van der Waals surface area (Å²) in [6.07, 6.45) is 10.9. The molecule has 2 unspecified atom stereocenters. The Labute approximate surface area is 258 Å². The molecule has 0 spiro atoms. The van der Waals surface area contributed by atoms with E-state index in [2.05, 4.69) is 24.1 Å². The number of hydrogen-bond donors (Lipinski definition) is 2. The fourth-order valence-electron chi connectivity index (χ4n) is 5.82. The van der Waals surface area contributed by atoms with Gasteiger partial charge < -0.3 is 15.2 Å².